The van der Waals surface area contributed by atoms with Gasteiger partial charge in [0.2, 0.25) is 0 Å². The van der Waals surface area contributed by atoms with E-state index < -0.39 is 0 Å². The van der Waals surface area contributed by atoms with E-state index in [0.717, 1.165) is 22.6 Å². The van der Waals surface area contributed by atoms with Crippen LogP contribution in [0.2, 0.25) is 10.0 Å². The van der Waals surface area contributed by atoms with Gasteiger partial charge < -0.3 is 10.6 Å². The molecule has 0 saturated heterocycles. The van der Waals surface area contributed by atoms with E-state index in [9.17, 15) is 0 Å². The van der Waals surface area contributed by atoms with Crippen molar-refractivity contribution in [1.82, 2.24) is 9.97 Å². The van der Waals surface area contributed by atoms with Crippen molar-refractivity contribution in [2.75, 3.05) is 17.7 Å². The Bertz CT molecular complexity index is 614. The number of aryl methyl sites for hydroxylation is 1. The molecule has 6 heteroatoms. The van der Waals surface area contributed by atoms with E-state index in [1.54, 1.807) is 6.07 Å². The van der Waals surface area contributed by atoms with Crippen molar-refractivity contribution in [1.29, 1.82) is 0 Å². The van der Waals surface area contributed by atoms with Crippen molar-refractivity contribution in [3.05, 3.63) is 39.6 Å². The van der Waals surface area contributed by atoms with Crippen LogP contribution in [-0.2, 0) is 0 Å². The third-order valence-corrected chi connectivity index (χ3v) is 3.54. The van der Waals surface area contributed by atoms with Gasteiger partial charge in [-0.1, -0.05) is 23.2 Å². The molecule has 0 spiro atoms. The van der Waals surface area contributed by atoms with E-state index >= 15 is 0 Å². The van der Waals surface area contributed by atoms with E-state index in [0.29, 0.717) is 15.9 Å². The molecule has 0 atom stereocenters. The maximum Gasteiger partial charge on any atom is 0.138 e. The van der Waals surface area contributed by atoms with Crippen LogP contribution in [0.1, 0.15) is 11.1 Å². The molecule has 0 aliphatic carbocycles. The highest BCUT2D eigenvalue weighted by Crippen LogP contribution is 2.31. The quantitative estimate of drug-likeness (QED) is 0.892. The van der Waals surface area contributed by atoms with Gasteiger partial charge in [0.25, 0.3) is 0 Å². The second-order valence-corrected chi connectivity index (χ2v) is 4.97. The number of nitrogens with one attached hydrogen (secondary N) is 2. The van der Waals surface area contributed by atoms with Crippen LogP contribution >= 0.6 is 23.2 Å². The molecule has 0 aliphatic rings. The molecule has 2 rings (SSSR count). The van der Waals surface area contributed by atoms with Crippen LogP contribution in [0.3, 0.4) is 0 Å². The van der Waals surface area contributed by atoms with Gasteiger partial charge in [-0.3, -0.25) is 0 Å². The molecule has 0 bridgehead atoms. The van der Waals surface area contributed by atoms with Crippen LogP contribution in [0.4, 0.5) is 17.3 Å². The summed E-state index contributed by atoms with van der Waals surface area (Å²) in [6, 6.07) is 3.61. The van der Waals surface area contributed by atoms with E-state index in [2.05, 4.69) is 20.6 Å². The minimum atomic E-state index is 0.603. The smallest absolute Gasteiger partial charge is 0.138 e. The fraction of sp³-hybridized carbons (Fsp3) is 0.231. The molecule has 1 aromatic carbocycles. The van der Waals surface area contributed by atoms with Crippen molar-refractivity contribution in [3.8, 4) is 0 Å². The fourth-order valence-electron chi connectivity index (χ4n) is 1.70. The minimum absolute atomic E-state index is 0.603. The lowest BCUT2D eigenvalue weighted by molar-refractivity contribution is 1.12. The van der Waals surface area contributed by atoms with Gasteiger partial charge in [-0.2, -0.15) is 0 Å². The summed E-state index contributed by atoms with van der Waals surface area (Å²) in [5.74, 6) is 1.47. The lowest BCUT2D eigenvalue weighted by atomic mass is 10.2. The zero-order valence-corrected chi connectivity index (χ0v) is 12.4. The molecule has 4 nitrogen and oxygen atoms in total. The van der Waals surface area contributed by atoms with Crippen LogP contribution in [-0.4, -0.2) is 17.0 Å². The third kappa shape index (κ3) is 2.91. The molecule has 1 aromatic heterocycles. The number of aromatic nitrogens is 2. The first-order valence-corrected chi connectivity index (χ1v) is 6.50. The second kappa shape index (κ2) is 5.63. The van der Waals surface area contributed by atoms with Crippen LogP contribution in [0.5, 0.6) is 0 Å². The fourth-order valence-corrected chi connectivity index (χ4v) is 2.13. The predicted molar refractivity (Wildman–Crippen MR) is 80.8 cm³/mol. The molecule has 0 amide bonds. The number of rotatable bonds is 3. The van der Waals surface area contributed by atoms with E-state index in [4.69, 9.17) is 23.2 Å². The van der Waals surface area contributed by atoms with Gasteiger partial charge in [-0.05, 0) is 31.5 Å². The molecule has 0 saturated carbocycles. The van der Waals surface area contributed by atoms with E-state index in [1.807, 2.05) is 27.0 Å². The van der Waals surface area contributed by atoms with Gasteiger partial charge >= 0.3 is 0 Å². The summed E-state index contributed by atoms with van der Waals surface area (Å²) in [6.45, 7) is 3.84. The highest BCUT2D eigenvalue weighted by Gasteiger charge is 2.09. The molecule has 0 radical (unpaired) electrons. The molecule has 100 valence electrons. The summed E-state index contributed by atoms with van der Waals surface area (Å²) < 4.78 is 0. The number of benzene rings is 1. The average molecular weight is 297 g/mol. The van der Waals surface area contributed by atoms with E-state index in [1.165, 1.54) is 6.33 Å². The molecule has 19 heavy (non-hydrogen) atoms. The number of hydrogen-bond acceptors (Lipinski definition) is 4. The first-order chi connectivity index (χ1) is 9.02. The molecule has 0 unspecified atom stereocenters. The van der Waals surface area contributed by atoms with Crippen molar-refractivity contribution in [3.63, 3.8) is 0 Å². The van der Waals surface area contributed by atoms with Crippen LogP contribution in [0.15, 0.2) is 18.5 Å². The number of anilines is 3. The molecule has 0 fully saturated rings. The number of hydrogen-bond donors (Lipinski definition) is 2. The Morgan fingerprint density at radius 3 is 2.37 bits per heavy atom. The summed E-state index contributed by atoms with van der Waals surface area (Å²) in [6.07, 6.45) is 1.49. The largest absolute Gasteiger partial charge is 0.373 e. The number of halogens is 2. The SMILES string of the molecule is CNc1ncnc(Nc2cc(Cl)c(C)cc2Cl)c1C. The summed E-state index contributed by atoms with van der Waals surface area (Å²) >= 11 is 12.3. The van der Waals surface area contributed by atoms with Crippen molar-refractivity contribution >= 4 is 40.5 Å². The normalized spacial score (nSPS) is 10.4. The van der Waals surface area contributed by atoms with Crippen LogP contribution < -0.4 is 10.6 Å². The summed E-state index contributed by atoms with van der Waals surface area (Å²) in [5.41, 5.74) is 2.58. The molecular weight excluding hydrogens is 283 g/mol. The van der Waals surface area contributed by atoms with Gasteiger partial charge in [0.15, 0.2) is 0 Å². The Labute approximate surface area is 122 Å². The third-order valence-electron chi connectivity index (χ3n) is 2.82. The summed E-state index contributed by atoms with van der Waals surface area (Å²) in [7, 11) is 1.81. The molecule has 0 aliphatic heterocycles. The Hall–Kier alpha value is -1.52. The summed E-state index contributed by atoms with van der Waals surface area (Å²) in [4.78, 5) is 8.34. The van der Waals surface area contributed by atoms with Gasteiger partial charge in [0.1, 0.15) is 18.0 Å². The number of nitrogens with zero attached hydrogens (tertiary/aromatic N) is 2. The Morgan fingerprint density at radius 1 is 1.00 bits per heavy atom. The highest BCUT2D eigenvalue weighted by molar-refractivity contribution is 6.35. The molecular formula is C13H14Cl2N4. The standard InChI is InChI=1S/C13H14Cl2N4/c1-7-4-10(15)11(5-9(7)14)19-13-8(2)12(16-3)17-6-18-13/h4-6H,1-3H3,(H2,16,17,18,19). The van der Waals surface area contributed by atoms with Crippen molar-refractivity contribution in [2.24, 2.45) is 0 Å². The highest BCUT2D eigenvalue weighted by atomic mass is 35.5. The lowest BCUT2D eigenvalue weighted by Gasteiger charge is -2.13. The average Bonchev–Trinajstić information content (AvgIpc) is 2.38. The van der Waals surface area contributed by atoms with Crippen molar-refractivity contribution in [2.45, 2.75) is 13.8 Å². The lowest BCUT2D eigenvalue weighted by Crippen LogP contribution is -2.03. The van der Waals surface area contributed by atoms with Gasteiger partial charge in [-0.25, -0.2) is 9.97 Å². The van der Waals surface area contributed by atoms with Crippen LogP contribution in [0.25, 0.3) is 0 Å². The van der Waals surface area contributed by atoms with E-state index in [-0.39, 0.29) is 0 Å². The molecule has 2 aromatic rings. The summed E-state index contributed by atoms with van der Waals surface area (Å²) in [5, 5.41) is 7.44. The Morgan fingerprint density at radius 2 is 1.68 bits per heavy atom. The minimum Gasteiger partial charge on any atom is -0.373 e. The monoisotopic (exact) mass is 296 g/mol. The zero-order valence-electron chi connectivity index (χ0n) is 10.9. The maximum atomic E-state index is 6.20. The predicted octanol–water partition coefficient (Wildman–Crippen LogP) is 4.19. The topological polar surface area (TPSA) is 49.8 Å². The van der Waals surface area contributed by atoms with Gasteiger partial charge in [0.05, 0.1) is 10.7 Å². The van der Waals surface area contributed by atoms with Gasteiger partial charge in [-0.15, -0.1) is 0 Å². The van der Waals surface area contributed by atoms with Gasteiger partial charge in [0, 0.05) is 17.6 Å². The second-order valence-electron chi connectivity index (χ2n) is 4.15. The van der Waals surface area contributed by atoms with Crippen molar-refractivity contribution < 1.29 is 0 Å². The first-order valence-electron chi connectivity index (χ1n) is 5.75. The molecule has 1 heterocycles. The Balaban J connectivity index is 2.39. The zero-order chi connectivity index (χ0) is 14.0. The van der Waals surface area contributed by atoms with Crippen LogP contribution in [0, 0.1) is 13.8 Å². The first kappa shape index (κ1) is 13.9. The molecule has 2 N–H and O–H groups in total. The Kier molecular flexibility index (Phi) is 4.12. The maximum absolute atomic E-state index is 6.20.